The number of hydrogen-bond donors (Lipinski definition) is 1. The third kappa shape index (κ3) is 1.27. The van der Waals surface area contributed by atoms with E-state index < -0.39 is 0 Å². The molecule has 1 fully saturated rings. The van der Waals surface area contributed by atoms with Crippen LogP contribution in [-0.2, 0) is 7.05 Å². The zero-order valence-electron chi connectivity index (χ0n) is 8.85. The van der Waals surface area contributed by atoms with Gasteiger partial charge in [-0.25, -0.2) is 4.98 Å². The van der Waals surface area contributed by atoms with Crippen LogP contribution in [0, 0.1) is 5.92 Å². The quantitative estimate of drug-likeness (QED) is 0.802. The normalized spacial score (nSPS) is 24.7. The highest BCUT2D eigenvalue weighted by Gasteiger charge is 2.38. The molecule has 0 aliphatic heterocycles. The molecule has 0 aromatic carbocycles. The van der Waals surface area contributed by atoms with Gasteiger partial charge < -0.3 is 10.3 Å². The van der Waals surface area contributed by atoms with Crippen LogP contribution in [0.15, 0.2) is 24.5 Å². The number of nitrogens with two attached hydrogens (primary N) is 1. The van der Waals surface area contributed by atoms with Gasteiger partial charge in [0.05, 0.1) is 0 Å². The van der Waals surface area contributed by atoms with E-state index in [4.69, 9.17) is 5.73 Å². The molecular weight excluding hydrogens is 186 g/mol. The summed E-state index contributed by atoms with van der Waals surface area (Å²) in [7, 11) is 2.05. The van der Waals surface area contributed by atoms with Crippen molar-refractivity contribution in [1.82, 2.24) is 9.55 Å². The first-order valence-corrected chi connectivity index (χ1v) is 5.41. The lowest BCUT2D eigenvalue weighted by atomic mass is 10.1. The lowest BCUT2D eigenvalue weighted by Crippen LogP contribution is -2.01. The fraction of sp³-hybridized carbons (Fsp3) is 0.417. The number of fused-ring (bicyclic) bond motifs is 1. The Morgan fingerprint density at radius 3 is 3.20 bits per heavy atom. The van der Waals surface area contributed by atoms with Crippen LogP contribution >= 0.6 is 0 Å². The van der Waals surface area contributed by atoms with Gasteiger partial charge in [-0.3, -0.25) is 0 Å². The van der Waals surface area contributed by atoms with Crippen molar-refractivity contribution in [2.75, 3.05) is 6.54 Å². The standard InChI is InChI=1S/C12H15N3/c1-15-7-11(10-5-8(10)6-13)9-3-2-4-14-12(9)15/h2-4,7-8,10H,5-6,13H2,1H3/t8-,10+/m0/s1. The van der Waals surface area contributed by atoms with Crippen LogP contribution in [0.1, 0.15) is 17.9 Å². The van der Waals surface area contributed by atoms with Gasteiger partial charge in [-0.15, -0.1) is 0 Å². The molecule has 3 rings (SSSR count). The Morgan fingerprint density at radius 1 is 1.60 bits per heavy atom. The Labute approximate surface area is 88.9 Å². The summed E-state index contributed by atoms with van der Waals surface area (Å²) in [6.07, 6.45) is 5.29. The summed E-state index contributed by atoms with van der Waals surface area (Å²) in [6.45, 7) is 0.807. The van der Waals surface area contributed by atoms with Crippen LogP contribution in [0.5, 0.6) is 0 Å². The zero-order chi connectivity index (χ0) is 10.4. The van der Waals surface area contributed by atoms with Crippen molar-refractivity contribution in [2.45, 2.75) is 12.3 Å². The van der Waals surface area contributed by atoms with E-state index in [1.807, 2.05) is 12.3 Å². The van der Waals surface area contributed by atoms with Crippen LogP contribution in [0.2, 0.25) is 0 Å². The van der Waals surface area contributed by atoms with E-state index in [2.05, 4.69) is 28.9 Å². The van der Waals surface area contributed by atoms with Gasteiger partial charge >= 0.3 is 0 Å². The number of nitrogens with zero attached hydrogens (tertiary/aromatic N) is 2. The van der Waals surface area contributed by atoms with E-state index in [0.717, 1.165) is 12.2 Å². The van der Waals surface area contributed by atoms with Gasteiger partial charge in [-0.1, -0.05) is 0 Å². The van der Waals surface area contributed by atoms with Crippen molar-refractivity contribution in [2.24, 2.45) is 18.7 Å². The largest absolute Gasteiger partial charge is 0.335 e. The molecule has 2 N–H and O–H groups in total. The number of aryl methyl sites for hydroxylation is 1. The molecule has 0 radical (unpaired) electrons. The minimum Gasteiger partial charge on any atom is -0.335 e. The summed E-state index contributed by atoms with van der Waals surface area (Å²) >= 11 is 0. The van der Waals surface area contributed by atoms with Crippen molar-refractivity contribution < 1.29 is 0 Å². The molecule has 2 aromatic heterocycles. The molecule has 1 aliphatic carbocycles. The number of pyridine rings is 1. The van der Waals surface area contributed by atoms with Crippen LogP contribution in [-0.4, -0.2) is 16.1 Å². The molecule has 0 unspecified atom stereocenters. The molecule has 3 heteroatoms. The van der Waals surface area contributed by atoms with E-state index in [-0.39, 0.29) is 0 Å². The van der Waals surface area contributed by atoms with Gasteiger partial charge in [-0.2, -0.15) is 0 Å². The highest BCUT2D eigenvalue weighted by Crippen LogP contribution is 2.48. The summed E-state index contributed by atoms with van der Waals surface area (Å²) in [5.74, 6) is 1.36. The van der Waals surface area contributed by atoms with Crippen LogP contribution < -0.4 is 5.73 Å². The number of hydrogen-bond acceptors (Lipinski definition) is 2. The molecule has 2 aromatic rings. The summed E-state index contributed by atoms with van der Waals surface area (Å²) in [4.78, 5) is 4.39. The van der Waals surface area contributed by atoms with E-state index in [9.17, 15) is 0 Å². The Bertz CT molecular complexity index is 501. The molecule has 0 amide bonds. The average Bonchev–Trinajstić information content (AvgIpc) is 2.98. The smallest absolute Gasteiger partial charge is 0.139 e. The van der Waals surface area contributed by atoms with Crippen molar-refractivity contribution in [3.8, 4) is 0 Å². The third-order valence-electron chi connectivity index (χ3n) is 3.39. The van der Waals surface area contributed by atoms with Gasteiger partial charge in [0, 0.05) is 24.8 Å². The van der Waals surface area contributed by atoms with Crippen molar-refractivity contribution in [3.63, 3.8) is 0 Å². The summed E-state index contributed by atoms with van der Waals surface area (Å²) in [5, 5.41) is 1.29. The van der Waals surface area contributed by atoms with Crippen molar-refractivity contribution >= 4 is 11.0 Å². The van der Waals surface area contributed by atoms with Crippen LogP contribution in [0.3, 0.4) is 0 Å². The minimum atomic E-state index is 0.669. The number of rotatable bonds is 2. The Balaban J connectivity index is 2.12. The molecule has 78 valence electrons. The molecule has 0 spiro atoms. The van der Waals surface area contributed by atoms with E-state index >= 15 is 0 Å². The monoisotopic (exact) mass is 201 g/mol. The molecule has 0 saturated heterocycles. The fourth-order valence-corrected chi connectivity index (χ4v) is 2.43. The number of aromatic nitrogens is 2. The van der Waals surface area contributed by atoms with Crippen LogP contribution in [0.4, 0.5) is 0 Å². The molecule has 0 bridgehead atoms. The second-order valence-electron chi connectivity index (χ2n) is 4.41. The Morgan fingerprint density at radius 2 is 2.47 bits per heavy atom. The van der Waals surface area contributed by atoms with E-state index in [0.29, 0.717) is 11.8 Å². The predicted octanol–water partition coefficient (Wildman–Crippen LogP) is 1.64. The first-order chi connectivity index (χ1) is 7.31. The zero-order valence-corrected chi connectivity index (χ0v) is 8.85. The van der Waals surface area contributed by atoms with E-state index in [1.165, 1.54) is 17.4 Å². The fourth-order valence-electron chi connectivity index (χ4n) is 2.43. The topological polar surface area (TPSA) is 43.8 Å². The molecular formula is C12H15N3. The SMILES string of the molecule is Cn1cc([C@@H]2C[C@H]2CN)c2cccnc21. The Kier molecular flexibility index (Phi) is 1.83. The van der Waals surface area contributed by atoms with Crippen LogP contribution in [0.25, 0.3) is 11.0 Å². The molecule has 15 heavy (non-hydrogen) atoms. The van der Waals surface area contributed by atoms with Gasteiger partial charge in [0.25, 0.3) is 0 Å². The first-order valence-electron chi connectivity index (χ1n) is 5.41. The maximum absolute atomic E-state index is 5.69. The lowest BCUT2D eigenvalue weighted by Gasteiger charge is -1.95. The van der Waals surface area contributed by atoms with Gasteiger partial charge in [-0.05, 0) is 42.5 Å². The third-order valence-corrected chi connectivity index (χ3v) is 3.39. The highest BCUT2D eigenvalue weighted by molar-refractivity contribution is 5.81. The van der Waals surface area contributed by atoms with Gasteiger partial charge in [0.1, 0.15) is 5.65 Å². The first kappa shape index (κ1) is 8.92. The lowest BCUT2D eigenvalue weighted by molar-refractivity contribution is 0.809. The van der Waals surface area contributed by atoms with Gasteiger partial charge in [0.15, 0.2) is 0 Å². The molecule has 1 aliphatic rings. The second-order valence-corrected chi connectivity index (χ2v) is 4.41. The van der Waals surface area contributed by atoms with Gasteiger partial charge in [0.2, 0.25) is 0 Å². The van der Waals surface area contributed by atoms with E-state index in [1.54, 1.807) is 0 Å². The molecule has 1 saturated carbocycles. The highest BCUT2D eigenvalue weighted by atomic mass is 15.0. The molecule has 3 nitrogen and oxygen atoms in total. The summed E-state index contributed by atoms with van der Waals surface area (Å²) < 4.78 is 2.11. The van der Waals surface area contributed by atoms with Crippen molar-refractivity contribution in [3.05, 3.63) is 30.1 Å². The maximum atomic E-state index is 5.69. The maximum Gasteiger partial charge on any atom is 0.139 e. The minimum absolute atomic E-state index is 0.669. The summed E-state index contributed by atoms with van der Waals surface area (Å²) in [6, 6.07) is 4.16. The average molecular weight is 201 g/mol. The molecule has 2 atom stereocenters. The molecule has 2 heterocycles. The summed E-state index contributed by atoms with van der Waals surface area (Å²) in [5.41, 5.74) is 8.20. The predicted molar refractivity (Wildman–Crippen MR) is 60.6 cm³/mol. The Hall–Kier alpha value is -1.35. The van der Waals surface area contributed by atoms with Crippen molar-refractivity contribution in [1.29, 1.82) is 0 Å². The second kappa shape index (κ2) is 3.07.